The van der Waals surface area contributed by atoms with Crippen LogP contribution in [0.25, 0.3) is 0 Å². The van der Waals surface area contributed by atoms with Crippen molar-refractivity contribution in [2.75, 3.05) is 26.4 Å². The Morgan fingerprint density at radius 2 is 0.932 bits per heavy atom. The molecule has 0 heterocycles. The largest absolute Gasteiger partial charge is 0.472 e. The van der Waals surface area contributed by atoms with Gasteiger partial charge < -0.3 is 24.6 Å². The molecule has 3 unspecified atom stereocenters. The molecule has 10 nitrogen and oxygen atoms in total. The van der Waals surface area contributed by atoms with E-state index >= 15 is 0 Å². The molecule has 0 fully saturated rings. The molecule has 0 aliphatic carbocycles. The number of rotatable bonds is 45. The zero-order valence-corrected chi connectivity index (χ0v) is 38.6. The molecule has 0 amide bonds. The van der Waals surface area contributed by atoms with Gasteiger partial charge in [-0.2, -0.15) is 0 Å². The zero-order valence-electron chi connectivity index (χ0n) is 37.7. The third-order valence-electron chi connectivity index (χ3n) is 10.3. The van der Waals surface area contributed by atoms with Crippen LogP contribution in [0, 0.1) is 0 Å². The number of aliphatic hydroxyl groups is 2. The number of carbonyl (C=O) groups excluding carboxylic acids is 2. The quantitative estimate of drug-likeness (QED) is 0.0234. The molecule has 0 spiro atoms. The number of phosphoric ester groups is 1. The molecule has 3 N–H and O–H groups in total. The maximum atomic E-state index is 12.6. The predicted molar refractivity (Wildman–Crippen MR) is 242 cm³/mol. The fourth-order valence-corrected chi connectivity index (χ4v) is 7.45. The van der Waals surface area contributed by atoms with E-state index in [9.17, 15) is 24.2 Å². The fourth-order valence-electron chi connectivity index (χ4n) is 6.66. The van der Waals surface area contributed by atoms with Gasteiger partial charge in [0.1, 0.15) is 12.7 Å². The van der Waals surface area contributed by atoms with E-state index in [4.69, 9.17) is 23.6 Å². The normalized spacial score (nSPS) is 14.1. The van der Waals surface area contributed by atoms with E-state index in [1.54, 1.807) is 0 Å². The number of ether oxygens (including phenoxy) is 2. The van der Waals surface area contributed by atoms with Crippen LogP contribution in [-0.4, -0.2) is 65.7 Å². The van der Waals surface area contributed by atoms with Gasteiger partial charge in [0.05, 0.1) is 19.8 Å². The maximum Gasteiger partial charge on any atom is 0.472 e. The van der Waals surface area contributed by atoms with Crippen molar-refractivity contribution in [2.24, 2.45) is 0 Å². The number of hydrogen-bond acceptors (Lipinski definition) is 9. The number of aliphatic hydroxyl groups excluding tert-OH is 2. The first-order valence-corrected chi connectivity index (χ1v) is 25.4. The average Bonchev–Trinajstić information content (AvgIpc) is 3.22. The lowest BCUT2D eigenvalue weighted by atomic mass is 10.0. The van der Waals surface area contributed by atoms with E-state index in [-0.39, 0.29) is 19.4 Å². The second-order valence-corrected chi connectivity index (χ2v) is 17.6. The molecular formula is C48H89O10P. The second kappa shape index (κ2) is 44.3. The smallest absolute Gasteiger partial charge is 0.462 e. The fraction of sp³-hybridized carbons (Fsp3) is 0.833. The summed E-state index contributed by atoms with van der Waals surface area (Å²) < 4.78 is 32.8. The highest BCUT2D eigenvalue weighted by atomic mass is 31.2. The summed E-state index contributed by atoms with van der Waals surface area (Å²) in [5, 5.41) is 18.4. The third-order valence-corrected chi connectivity index (χ3v) is 11.3. The van der Waals surface area contributed by atoms with Crippen molar-refractivity contribution in [2.45, 2.75) is 232 Å². The molecule has 0 aromatic rings. The van der Waals surface area contributed by atoms with Crippen LogP contribution in [0.1, 0.15) is 219 Å². The molecule has 3 atom stereocenters. The Morgan fingerprint density at radius 1 is 0.525 bits per heavy atom. The molecule has 0 saturated carbocycles. The van der Waals surface area contributed by atoms with E-state index in [0.717, 1.165) is 70.6 Å². The van der Waals surface area contributed by atoms with Crippen molar-refractivity contribution >= 4 is 19.8 Å². The van der Waals surface area contributed by atoms with E-state index in [0.29, 0.717) is 12.8 Å². The molecule has 11 heteroatoms. The van der Waals surface area contributed by atoms with Gasteiger partial charge in [-0.3, -0.25) is 18.6 Å². The van der Waals surface area contributed by atoms with Gasteiger partial charge >= 0.3 is 19.8 Å². The SMILES string of the molecule is CC/C=C\C/C=C\C/C=C\CCCCCCCC(=O)OC(COC(=O)CCCCCCCCCCCCCCCCCCCCCCC)COP(=O)(O)OCC(O)CO. The molecule has 0 bridgehead atoms. The monoisotopic (exact) mass is 857 g/mol. The summed E-state index contributed by atoms with van der Waals surface area (Å²) in [6, 6.07) is 0. The average molecular weight is 857 g/mol. The second-order valence-electron chi connectivity index (χ2n) is 16.1. The third kappa shape index (κ3) is 44.1. The summed E-state index contributed by atoms with van der Waals surface area (Å²) in [6.07, 6.45) is 46.9. The van der Waals surface area contributed by atoms with Crippen LogP contribution in [0.3, 0.4) is 0 Å². The topological polar surface area (TPSA) is 149 Å². The number of unbranched alkanes of at least 4 members (excludes halogenated alkanes) is 25. The molecule has 0 saturated heterocycles. The Labute approximate surface area is 361 Å². The molecule has 0 aliphatic heterocycles. The van der Waals surface area contributed by atoms with Gasteiger partial charge in [-0.05, 0) is 44.9 Å². The van der Waals surface area contributed by atoms with Crippen LogP contribution in [0.4, 0.5) is 0 Å². The predicted octanol–water partition coefficient (Wildman–Crippen LogP) is 13.1. The number of allylic oxidation sites excluding steroid dienone is 6. The molecule has 0 aliphatic rings. The van der Waals surface area contributed by atoms with Gasteiger partial charge in [-0.1, -0.05) is 198 Å². The van der Waals surface area contributed by atoms with Crippen molar-refractivity contribution < 1.29 is 47.8 Å². The molecule has 0 aromatic carbocycles. The molecule has 346 valence electrons. The first-order valence-electron chi connectivity index (χ1n) is 23.9. The van der Waals surface area contributed by atoms with Gasteiger partial charge in [0, 0.05) is 12.8 Å². The summed E-state index contributed by atoms with van der Waals surface area (Å²) >= 11 is 0. The van der Waals surface area contributed by atoms with Crippen LogP contribution in [-0.2, 0) is 32.7 Å². The van der Waals surface area contributed by atoms with Crippen LogP contribution in [0.5, 0.6) is 0 Å². The maximum absolute atomic E-state index is 12.6. The number of phosphoric acid groups is 1. The molecule has 0 rings (SSSR count). The molecular weight excluding hydrogens is 767 g/mol. The lowest BCUT2D eigenvalue weighted by Gasteiger charge is -2.20. The van der Waals surface area contributed by atoms with Crippen molar-refractivity contribution in [3.8, 4) is 0 Å². The minimum atomic E-state index is -4.62. The minimum Gasteiger partial charge on any atom is -0.462 e. The van der Waals surface area contributed by atoms with Crippen molar-refractivity contribution in [1.82, 2.24) is 0 Å². The van der Waals surface area contributed by atoms with Gasteiger partial charge in [0.25, 0.3) is 0 Å². The highest BCUT2D eigenvalue weighted by molar-refractivity contribution is 7.47. The van der Waals surface area contributed by atoms with E-state index < -0.39 is 51.8 Å². The van der Waals surface area contributed by atoms with Crippen molar-refractivity contribution in [3.05, 3.63) is 36.5 Å². The van der Waals surface area contributed by atoms with Gasteiger partial charge in [0.2, 0.25) is 0 Å². The van der Waals surface area contributed by atoms with Crippen molar-refractivity contribution in [3.63, 3.8) is 0 Å². The molecule has 59 heavy (non-hydrogen) atoms. The number of carbonyl (C=O) groups is 2. The Bertz CT molecular complexity index is 1080. The van der Waals surface area contributed by atoms with Crippen LogP contribution in [0.2, 0.25) is 0 Å². The van der Waals surface area contributed by atoms with Gasteiger partial charge in [0.15, 0.2) is 6.10 Å². The van der Waals surface area contributed by atoms with Crippen LogP contribution in [0.15, 0.2) is 36.5 Å². The highest BCUT2D eigenvalue weighted by Gasteiger charge is 2.27. The first kappa shape index (κ1) is 57.2. The van der Waals surface area contributed by atoms with Crippen LogP contribution < -0.4 is 0 Å². The lowest BCUT2D eigenvalue weighted by Crippen LogP contribution is -2.29. The summed E-state index contributed by atoms with van der Waals surface area (Å²) in [6.45, 7) is 2.28. The Balaban J connectivity index is 4.18. The first-order chi connectivity index (χ1) is 28.7. The zero-order chi connectivity index (χ0) is 43.3. The van der Waals surface area contributed by atoms with Gasteiger partial charge in [-0.25, -0.2) is 4.57 Å². The van der Waals surface area contributed by atoms with E-state index in [1.165, 1.54) is 109 Å². The summed E-state index contributed by atoms with van der Waals surface area (Å²) in [5.41, 5.74) is 0. The Kier molecular flexibility index (Phi) is 42.9. The minimum absolute atomic E-state index is 0.166. The van der Waals surface area contributed by atoms with E-state index in [2.05, 4.69) is 50.3 Å². The standard InChI is InChI=1S/C48H89O10P/c1-3-5-7-9-11-13-15-17-19-20-21-22-23-24-26-27-29-31-33-35-37-39-47(51)55-43-46(44-57-59(53,54)56-42-45(50)41-49)58-48(52)40-38-36-34-32-30-28-25-18-16-14-12-10-8-6-4-2/h6,8,12,14,18,25,45-46,49-50H,3-5,7,9-11,13,15-17,19-24,26-44H2,1-2H3,(H,53,54)/b8-6-,14-12-,25-18-. The Morgan fingerprint density at radius 3 is 1.41 bits per heavy atom. The number of hydrogen-bond donors (Lipinski definition) is 3. The summed E-state index contributed by atoms with van der Waals surface area (Å²) in [7, 11) is -4.62. The summed E-state index contributed by atoms with van der Waals surface area (Å²) in [4.78, 5) is 35.1. The summed E-state index contributed by atoms with van der Waals surface area (Å²) in [5.74, 6) is -0.936. The Hall–Kier alpha value is -1.81. The van der Waals surface area contributed by atoms with Gasteiger partial charge in [-0.15, -0.1) is 0 Å². The van der Waals surface area contributed by atoms with Crippen LogP contribution >= 0.6 is 7.82 Å². The van der Waals surface area contributed by atoms with E-state index in [1.807, 2.05) is 0 Å². The molecule has 0 radical (unpaired) electrons. The highest BCUT2D eigenvalue weighted by Crippen LogP contribution is 2.43. The van der Waals surface area contributed by atoms with Crippen molar-refractivity contribution in [1.29, 1.82) is 0 Å². The molecule has 0 aromatic heterocycles. The lowest BCUT2D eigenvalue weighted by molar-refractivity contribution is -0.161. The number of esters is 2.